The van der Waals surface area contributed by atoms with E-state index in [0.29, 0.717) is 12.2 Å². The van der Waals surface area contributed by atoms with E-state index in [-0.39, 0.29) is 29.6 Å². The van der Waals surface area contributed by atoms with Gasteiger partial charge >= 0.3 is 93.1 Å². The van der Waals surface area contributed by atoms with Crippen molar-refractivity contribution in [2.24, 2.45) is 0 Å². The first kappa shape index (κ1) is 20.8. The van der Waals surface area contributed by atoms with Gasteiger partial charge in [0.05, 0.1) is 0 Å². The van der Waals surface area contributed by atoms with Gasteiger partial charge in [-0.25, -0.2) is 0 Å². The molecule has 0 aromatic heterocycles. The van der Waals surface area contributed by atoms with E-state index in [2.05, 4.69) is 0 Å². The van der Waals surface area contributed by atoms with Crippen molar-refractivity contribution in [3.05, 3.63) is 0 Å². The Balaban J connectivity index is -0.000000209. The van der Waals surface area contributed by atoms with Crippen molar-refractivity contribution in [3.8, 4) is 0 Å². The quantitative estimate of drug-likeness (QED) is 0.563. The minimum Gasteiger partial charge on any atom is 1.00 e. The monoisotopic (exact) mass is 274 g/mol. The minimum atomic E-state index is -0.574. The average molecular weight is 273 g/mol. The van der Waals surface area contributed by atoms with Crippen LogP contribution in [0.5, 0.6) is 0 Å². The molecule has 0 saturated carbocycles. The average Bonchev–Trinajstić information content (AvgIpc) is 1.83. The summed E-state index contributed by atoms with van der Waals surface area (Å²) in [7, 11) is 0. The molecule has 0 aliphatic carbocycles. The predicted octanol–water partition coefficient (Wildman–Crippen LogP) is -1.87. The van der Waals surface area contributed by atoms with Crippen LogP contribution in [0, 0.1) is 0 Å². The van der Waals surface area contributed by atoms with Gasteiger partial charge in [0, 0.05) is 0 Å². The minimum absolute atomic E-state index is 0. The summed E-state index contributed by atoms with van der Waals surface area (Å²) in [5, 5.41) is 9.53. The fourth-order valence-electron chi connectivity index (χ4n) is 0.220. The van der Waals surface area contributed by atoms with Crippen molar-refractivity contribution in [1.29, 1.82) is 0 Å². The molecule has 80 valence electrons. The van der Waals surface area contributed by atoms with E-state index in [4.69, 9.17) is 7.53 Å². The van der Waals surface area contributed by atoms with Gasteiger partial charge < -0.3 is 5.11 Å². The molecule has 0 heterocycles. The van der Waals surface area contributed by atoms with Crippen molar-refractivity contribution in [3.63, 3.8) is 0 Å². The molecular formula is C9H21GeNaO3. The van der Waals surface area contributed by atoms with Gasteiger partial charge in [0.25, 0.3) is 0 Å². The molecule has 0 amide bonds. The Kier molecular flexibility index (Phi) is 21.4. The Hall–Kier alpha value is 1.42. The van der Waals surface area contributed by atoms with Crippen LogP contribution in [0.15, 0.2) is 0 Å². The molecule has 3 nitrogen and oxygen atoms in total. The molecule has 0 aromatic carbocycles. The van der Waals surface area contributed by atoms with Crippen LogP contribution in [0.1, 0.15) is 41.5 Å². The first-order valence-corrected chi connectivity index (χ1v) is 6.29. The van der Waals surface area contributed by atoms with Crippen molar-refractivity contribution < 1.29 is 42.2 Å². The Morgan fingerprint density at radius 2 is 1.07 bits per heavy atom. The summed E-state index contributed by atoms with van der Waals surface area (Å²) in [6.07, 6.45) is 0.229. The first-order chi connectivity index (χ1) is 5.86. The summed E-state index contributed by atoms with van der Waals surface area (Å²) >= 11 is -0.574. The molecule has 0 fully saturated rings. The Morgan fingerprint density at radius 1 is 0.857 bits per heavy atom. The normalized spacial score (nSPS) is 9.86. The molecule has 0 bridgehead atoms. The van der Waals surface area contributed by atoms with Gasteiger partial charge in [0.15, 0.2) is 0 Å². The van der Waals surface area contributed by atoms with Crippen LogP contribution in [0.25, 0.3) is 0 Å². The zero-order valence-electron chi connectivity index (χ0n) is 10.5. The number of rotatable bonds is 4. The van der Waals surface area contributed by atoms with Gasteiger partial charge in [-0.3, -0.25) is 0 Å². The van der Waals surface area contributed by atoms with E-state index in [9.17, 15) is 5.11 Å². The SMILES string of the molecule is CC(C)[O-].CC(C)[O][Ge][O]C(C)C.[Na+]. The van der Waals surface area contributed by atoms with Gasteiger partial charge in [-0.1, -0.05) is 13.8 Å². The largest absolute Gasteiger partial charge is 1.00 e. The number of hydrogen-bond donors (Lipinski definition) is 0. The molecule has 14 heavy (non-hydrogen) atoms. The van der Waals surface area contributed by atoms with Crippen LogP contribution in [0.2, 0.25) is 0 Å². The molecule has 0 spiro atoms. The van der Waals surface area contributed by atoms with Crippen LogP contribution in [0.4, 0.5) is 0 Å². The van der Waals surface area contributed by atoms with Gasteiger partial charge in [0.2, 0.25) is 0 Å². The molecular weight excluding hydrogens is 252 g/mol. The van der Waals surface area contributed by atoms with Crippen molar-refractivity contribution in [1.82, 2.24) is 0 Å². The zero-order valence-corrected chi connectivity index (χ0v) is 14.6. The summed E-state index contributed by atoms with van der Waals surface area (Å²) in [5.74, 6) is 0. The Morgan fingerprint density at radius 3 is 1.21 bits per heavy atom. The Labute approximate surface area is 117 Å². The summed E-state index contributed by atoms with van der Waals surface area (Å²) < 4.78 is 10.5. The van der Waals surface area contributed by atoms with Crippen LogP contribution >= 0.6 is 0 Å². The first-order valence-electron chi connectivity index (χ1n) is 4.58. The van der Waals surface area contributed by atoms with Gasteiger partial charge in [-0.05, 0) is 0 Å². The Bertz CT molecular complexity index is 89.3. The maximum absolute atomic E-state index is 9.53. The third-order valence-corrected chi connectivity index (χ3v) is 2.95. The van der Waals surface area contributed by atoms with Crippen molar-refractivity contribution >= 4 is 16.1 Å². The smallest absolute Gasteiger partial charge is 1.00 e. The molecule has 0 N–H and O–H groups in total. The molecule has 0 atom stereocenters. The number of hydrogen-bond acceptors (Lipinski definition) is 3. The van der Waals surface area contributed by atoms with E-state index in [1.807, 2.05) is 27.7 Å². The van der Waals surface area contributed by atoms with Crippen molar-refractivity contribution in [2.45, 2.75) is 59.9 Å². The zero-order chi connectivity index (χ0) is 10.9. The van der Waals surface area contributed by atoms with Crippen LogP contribution in [-0.4, -0.2) is 34.4 Å². The third kappa shape index (κ3) is 37.6. The third-order valence-electron chi connectivity index (χ3n) is 0.568. The maximum atomic E-state index is 9.53. The van der Waals surface area contributed by atoms with E-state index >= 15 is 0 Å². The summed E-state index contributed by atoms with van der Waals surface area (Å²) in [5.41, 5.74) is 0. The second-order valence-electron chi connectivity index (χ2n) is 3.47. The van der Waals surface area contributed by atoms with E-state index in [1.54, 1.807) is 13.8 Å². The molecule has 2 radical (unpaired) electrons. The topological polar surface area (TPSA) is 41.5 Å². The van der Waals surface area contributed by atoms with Crippen LogP contribution in [0.3, 0.4) is 0 Å². The second kappa shape index (κ2) is 14.4. The molecule has 0 saturated heterocycles. The van der Waals surface area contributed by atoms with E-state index in [0.717, 1.165) is 0 Å². The van der Waals surface area contributed by atoms with Gasteiger partial charge in [-0.2, -0.15) is 0 Å². The van der Waals surface area contributed by atoms with Gasteiger partial charge in [0.1, 0.15) is 0 Å². The summed E-state index contributed by atoms with van der Waals surface area (Å²) in [4.78, 5) is 0. The maximum Gasteiger partial charge on any atom is 1.00 e. The predicted molar refractivity (Wildman–Crippen MR) is 53.3 cm³/mol. The van der Waals surface area contributed by atoms with E-state index in [1.165, 1.54) is 0 Å². The van der Waals surface area contributed by atoms with Gasteiger partial charge in [-0.15, -0.1) is 6.10 Å². The van der Waals surface area contributed by atoms with Crippen molar-refractivity contribution in [2.75, 3.05) is 0 Å². The summed E-state index contributed by atoms with van der Waals surface area (Å²) in [6.45, 7) is 11.3. The summed E-state index contributed by atoms with van der Waals surface area (Å²) in [6, 6.07) is 0. The molecule has 0 aromatic rings. The fourth-order valence-corrected chi connectivity index (χ4v) is 1.14. The molecule has 0 aliphatic heterocycles. The molecule has 5 heteroatoms. The molecule has 0 rings (SSSR count). The van der Waals surface area contributed by atoms with E-state index < -0.39 is 22.2 Å². The fraction of sp³-hybridized carbons (Fsp3) is 1.00. The van der Waals surface area contributed by atoms with Crippen LogP contribution < -0.4 is 34.7 Å². The molecule has 0 unspecified atom stereocenters. The molecule has 0 aliphatic rings. The second-order valence-corrected chi connectivity index (χ2v) is 4.80. The standard InChI is InChI=1S/C6H14GeO2.C3H7O.Na/c1-5(2)8-7-9-6(3)4;1-3(2)4;/h5-6H,1-4H3;3H,1-2H3;/q;-1;+1. The van der Waals surface area contributed by atoms with Crippen LogP contribution in [-0.2, 0) is 7.53 Å².